The molecule has 2 saturated heterocycles. The second-order valence-electron chi connectivity index (χ2n) is 16.5. The normalized spacial score (nSPS) is 24.1. The molecular weight excluding hydrogens is 458 g/mol. The zero-order chi connectivity index (χ0) is 28.4. The van der Waals surface area contributed by atoms with Crippen LogP contribution in [0.5, 0.6) is 0 Å². The van der Waals surface area contributed by atoms with Gasteiger partial charge in [0.1, 0.15) is 5.82 Å². The maximum atomic E-state index is 5.30. The number of piperidine rings is 2. The van der Waals surface area contributed by atoms with E-state index in [1.807, 2.05) is 6.92 Å². The molecule has 2 aliphatic rings. The topological polar surface area (TPSA) is 69.2 Å². The highest BCUT2D eigenvalue weighted by Crippen LogP contribution is 2.39. The highest BCUT2D eigenvalue weighted by atomic mass is 15.4. The van der Waals surface area contributed by atoms with Gasteiger partial charge < -0.3 is 20.4 Å². The van der Waals surface area contributed by atoms with Crippen LogP contribution in [-0.4, -0.2) is 60.3 Å². The van der Waals surface area contributed by atoms with Crippen molar-refractivity contribution in [2.75, 3.05) is 9.80 Å². The molecule has 0 radical (unpaired) electrons. The van der Waals surface area contributed by atoms with Crippen LogP contribution in [0.4, 0.5) is 11.9 Å². The Morgan fingerprint density at radius 2 is 0.838 bits per heavy atom. The zero-order valence-corrected chi connectivity index (χ0v) is 26.7. The molecule has 37 heavy (non-hydrogen) atoms. The van der Waals surface area contributed by atoms with Crippen LogP contribution in [0, 0.1) is 6.92 Å². The summed E-state index contributed by atoms with van der Waals surface area (Å²) < 4.78 is 0. The van der Waals surface area contributed by atoms with Crippen molar-refractivity contribution < 1.29 is 0 Å². The maximum Gasteiger partial charge on any atom is 0.231 e. The lowest BCUT2D eigenvalue weighted by molar-refractivity contribution is 0.148. The van der Waals surface area contributed by atoms with Gasteiger partial charge in [-0.3, -0.25) is 0 Å². The van der Waals surface area contributed by atoms with Crippen LogP contribution in [0.1, 0.15) is 128 Å². The molecule has 3 heterocycles. The predicted molar refractivity (Wildman–Crippen MR) is 158 cm³/mol. The second kappa shape index (κ2) is 9.32. The highest BCUT2D eigenvalue weighted by Gasteiger charge is 2.46. The van der Waals surface area contributed by atoms with Crippen LogP contribution >= 0.6 is 0 Å². The summed E-state index contributed by atoms with van der Waals surface area (Å²) in [5.74, 6) is 2.38. The molecule has 1 aromatic heterocycles. The second-order valence-corrected chi connectivity index (χ2v) is 16.5. The van der Waals surface area contributed by atoms with Crippen LogP contribution in [0.2, 0.25) is 0 Å². The third-order valence-electron chi connectivity index (χ3n) is 7.67. The van der Waals surface area contributed by atoms with Crippen molar-refractivity contribution in [1.29, 1.82) is 0 Å². The van der Waals surface area contributed by atoms with E-state index in [-0.39, 0.29) is 33.2 Å². The molecule has 0 atom stereocenters. The Balaban J connectivity index is 2.12. The zero-order valence-electron chi connectivity index (χ0n) is 26.7. The van der Waals surface area contributed by atoms with E-state index in [9.17, 15) is 0 Å². The number of anilines is 2. The maximum absolute atomic E-state index is 5.30. The molecular formula is C30H57N7. The van der Waals surface area contributed by atoms with Crippen molar-refractivity contribution in [3.63, 3.8) is 0 Å². The first-order valence-corrected chi connectivity index (χ1v) is 14.3. The molecule has 0 aliphatic carbocycles. The highest BCUT2D eigenvalue weighted by molar-refractivity contribution is 5.45. The fourth-order valence-corrected chi connectivity index (χ4v) is 7.59. The Bertz CT molecular complexity index is 859. The molecule has 212 valence electrons. The largest absolute Gasteiger partial charge is 0.333 e. The summed E-state index contributed by atoms with van der Waals surface area (Å²) in [6.07, 6.45) is 4.14. The molecule has 2 N–H and O–H groups in total. The van der Waals surface area contributed by atoms with E-state index in [4.69, 9.17) is 15.0 Å². The van der Waals surface area contributed by atoms with E-state index in [0.29, 0.717) is 12.1 Å². The summed E-state index contributed by atoms with van der Waals surface area (Å²) in [6.45, 7) is 34.2. The Morgan fingerprint density at radius 3 is 1.08 bits per heavy atom. The average Bonchev–Trinajstić information content (AvgIpc) is 2.52. The van der Waals surface area contributed by atoms with Crippen molar-refractivity contribution in [1.82, 2.24) is 25.6 Å². The van der Waals surface area contributed by atoms with E-state index in [0.717, 1.165) is 43.4 Å². The van der Waals surface area contributed by atoms with Crippen LogP contribution in [0.25, 0.3) is 0 Å². The van der Waals surface area contributed by atoms with Crippen LogP contribution in [0.3, 0.4) is 0 Å². The molecule has 2 aliphatic heterocycles. The van der Waals surface area contributed by atoms with Gasteiger partial charge in [0, 0.05) is 45.3 Å². The predicted octanol–water partition coefficient (Wildman–Crippen LogP) is 6.01. The third-order valence-corrected chi connectivity index (χ3v) is 7.67. The van der Waals surface area contributed by atoms with E-state index in [1.165, 1.54) is 0 Å². The minimum Gasteiger partial charge on any atom is -0.333 e. The Labute approximate surface area is 228 Å². The first-order chi connectivity index (χ1) is 16.4. The van der Waals surface area contributed by atoms with E-state index in [1.54, 1.807) is 0 Å². The Hall–Kier alpha value is -1.47. The Morgan fingerprint density at radius 1 is 0.568 bits per heavy atom. The molecule has 2 fully saturated rings. The first kappa shape index (κ1) is 30.1. The summed E-state index contributed by atoms with van der Waals surface area (Å²) >= 11 is 0. The van der Waals surface area contributed by atoms with Gasteiger partial charge in [0.2, 0.25) is 11.9 Å². The summed E-state index contributed by atoms with van der Waals surface area (Å²) in [5, 5.41) is 7.69. The van der Waals surface area contributed by atoms with Crippen molar-refractivity contribution in [2.24, 2.45) is 0 Å². The molecule has 7 heteroatoms. The number of aromatic nitrogens is 3. The van der Waals surface area contributed by atoms with Crippen molar-refractivity contribution in [2.45, 2.75) is 175 Å². The summed E-state index contributed by atoms with van der Waals surface area (Å²) in [4.78, 5) is 20.2. The van der Waals surface area contributed by atoms with Gasteiger partial charge in [-0.1, -0.05) is 0 Å². The Kier molecular flexibility index (Phi) is 7.58. The smallest absolute Gasteiger partial charge is 0.231 e. The van der Waals surface area contributed by atoms with E-state index >= 15 is 0 Å². The minimum absolute atomic E-state index is 0.0323. The molecule has 1 aromatic rings. The third kappa shape index (κ3) is 7.35. The van der Waals surface area contributed by atoms with Crippen molar-refractivity contribution >= 4 is 11.9 Å². The minimum atomic E-state index is -0.134. The average molecular weight is 516 g/mol. The molecule has 0 amide bonds. The number of rotatable bonds is 4. The van der Waals surface area contributed by atoms with Gasteiger partial charge >= 0.3 is 0 Å². The number of hydrogen-bond acceptors (Lipinski definition) is 7. The molecule has 0 saturated carbocycles. The number of nitrogens with zero attached hydrogens (tertiary/aromatic N) is 5. The van der Waals surface area contributed by atoms with E-state index < -0.39 is 0 Å². The van der Waals surface area contributed by atoms with Gasteiger partial charge in [0.15, 0.2) is 0 Å². The first-order valence-electron chi connectivity index (χ1n) is 14.3. The summed E-state index contributed by atoms with van der Waals surface area (Å²) in [7, 11) is 0. The lowest BCUT2D eigenvalue weighted by Gasteiger charge is -2.53. The van der Waals surface area contributed by atoms with Crippen molar-refractivity contribution in [3.8, 4) is 0 Å². The van der Waals surface area contributed by atoms with Crippen molar-refractivity contribution in [3.05, 3.63) is 5.82 Å². The number of aryl methyl sites for hydroxylation is 1. The van der Waals surface area contributed by atoms with Gasteiger partial charge in [-0.2, -0.15) is 15.0 Å². The molecule has 7 nitrogen and oxygen atoms in total. The van der Waals surface area contributed by atoms with Gasteiger partial charge in [-0.05, 0) is 130 Å². The lowest BCUT2D eigenvalue weighted by atomic mass is 9.78. The van der Waals surface area contributed by atoms with Gasteiger partial charge in [0.25, 0.3) is 0 Å². The van der Waals surface area contributed by atoms with Gasteiger partial charge in [-0.25, -0.2) is 0 Å². The number of nitrogens with one attached hydrogen (secondary N) is 2. The molecule has 0 spiro atoms. The SMILES string of the molecule is Cc1nc(N(C2CC(C)(C)NC(C)(C)C2)C(C)(C)C)nc(N(C2CC(C)(C)NC(C)(C)C2)C(C)(C)C)n1. The molecule has 0 unspecified atom stereocenters. The lowest BCUT2D eigenvalue weighted by Crippen LogP contribution is -2.65. The molecule has 0 aromatic carbocycles. The number of hydrogen-bond donors (Lipinski definition) is 2. The summed E-state index contributed by atoms with van der Waals surface area (Å²) in [5.41, 5.74) is -0.140. The van der Waals surface area contributed by atoms with Gasteiger partial charge in [0.05, 0.1) is 0 Å². The summed E-state index contributed by atoms with van der Waals surface area (Å²) in [6, 6.07) is 0.640. The fraction of sp³-hybridized carbons (Fsp3) is 0.900. The molecule has 3 rings (SSSR count). The monoisotopic (exact) mass is 515 g/mol. The fourth-order valence-electron chi connectivity index (χ4n) is 7.59. The standard InChI is InChI=1S/C30H57N7/c1-20-31-23(36(25(2,3)4)21-16-27(8,9)34-28(10,11)17-21)33-24(32-20)37(26(5,6)7)22-18-29(12,13)35-30(14,15)19-22/h21-22,34-35H,16-19H2,1-15H3. The van der Waals surface area contributed by atoms with Crippen LogP contribution < -0.4 is 20.4 Å². The van der Waals surface area contributed by atoms with Crippen LogP contribution in [0.15, 0.2) is 0 Å². The molecule has 0 bridgehead atoms. The van der Waals surface area contributed by atoms with Gasteiger partial charge in [-0.15, -0.1) is 0 Å². The quantitative estimate of drug-likeness (QED) is 0.509. The van der Waals surface area contributed by atoms with Crippen LogP contribution in [-0.2, 0) is 0 Å². The van der Waals surface area contributed by atoms with E-state index in [2.05, 4.69) is 117 Å².